The molecule has 1 saturated heterocycles. The Hall–Kier alpha value is -3.11. The number of hydrogen-bond acceptors (Lipinski definition) is 7. The first-order valence-electron chi connectivity index (χ1n) is 9.34. The maximum Gasteiger partial charge on any atom is 0.430 e. The Morgan fingerprint density at radius 3 is 2.62 bits per heavy atom. The zero-order valence-electron chi connectivity index (χ0n) is 15.5. The van der Waals surface area contributed by atoms with Crippen LogP contribution in [0.5, 0.6) is 11.5 Å². The summed E-state index contributed by atoms with van der Waals surface area (Å²) in [7, 11) is 0. The molecule has 29 heavy (non-hydrogen) atoms. The maximum atomic E-state index is 12.3. The molecule has 1 amide bonds. The summed E-state index contributed by atoms with van der Waals surface area (Å²) in [5, 5.41) is 29.2. The predicted molar refractivity (Wildman–Crippen MR) is 102 cm³/mol. The molecule has 3 heterocycles. The van der Waals surface area contributed by atoms with E-state index in [2.05, 4.69) is 4.98 Å². The summed E-state index contributed by atoms with van der Waals surface area (Å²) >= 11 is 0. The fraction of sp³-hybridized carbons (Fsp3) is 0.316. The van der Waals surface area contributed by atoms with Crippen molar-refractivity contribution >= 4 is 18.6 Å². The summed E-state index contributed by atoms with van der Waals surface area (Å²) < 4.78 is 10.9. The zero-order valence-corrected chi connectivity index (χ0v) is 15.5. The summed E-state index contributed by atoms with van der Waals surface area (Å²) in [5.41, 5.74) is 1.21. The van der Waals surface area contributed by atoms with Crippen LogP contribution in [0.2, 0.25) is 6.32 Å². The molecule has 3 N–H and O–H groups in total. The Kier molecular flexibility index (Phi) is 4.89. The van der Waals surface area contributed by atoms with Gasteiger partial charge in [-0.3, -0.25) is 9.78 Å². The van der Waals surface area contributed by atoms with Crippen LogP contribution < -0.4 is 9.39 Å². The highest BCUT2D eigenvalue weighted by Crippen LogP contribution is 2.38. The normalized spacial score (nSPS) is 17.7. The molecule has 1 aromatic carbocycles. The third-order valence-electron chi connectivity index (χ3n) is 5.11. The van der Waals surface area contributed by atoms with Crippen molar-refractivity contribution in [1.82, 2.24) is 9.88 Å². The molecule has 1 aromatic heterocycles. The number of likely N-dealkylation sites (tertiary alicyclic amines) is 1. The number of carboxylic acid groups (broad SMARTS) is 1. The Morgan fingerprint density at radius 1 is 1.21 bits per heavy atom. The molecular formula is C19H20BN2O7-. The van der Waals surface area contributed by atoms with E-state index in [9.17, 15) is 24.7 Å². The molecule has 0 radical (unpaired) electrons. The second-order valence-corrected chi connectivity index (χ2v) is 7.32. The number of aromatic nitrogens is 1. The van der Waals surface area contributed by atoms with Crippen LogP contribution in [0, 0.1) is 0 Å². The number of pyridine rings is 1. The smallest absolute Gasteiger partial charge is 0.430 e. The molecule has 152 valence electrons. The van der Waals surface area contributed by atoms with E-state index in [0.29, 0.717) is 25.1 Å². The highest BCUT2D eigenvalue weighted by Gasteiger charge is 2.36. The molecule has 2 aliphatic heterocycles. The number of carbonyl (C=O) groups is 2. The number of nitrogens with zero attached hydrogens (tertiary/aromatic N) is 2. The molecule has 9 nitrogen and oxygen atoms in total. The number of amides is 1. The number of fused-ring (bicyclic) bond motifs is 1. The summed E-state index contributed by atoms with van der Waals surface area (Å²) in [5.74, 6) is -1.32. The Morgan fingerprint density at radius 2 is 1.93 bits per heavy atom. The van der Waals surface area contributed by atoms with Gasteiger partial charge in [-0.1, -0.05) is 12.4 Å². The number of benzene rings is 1. The summed E-state index contributed by atoms with van der Waals surface area (Å²) in [6.45, 7) is -2.41. The van der Waals surface area contributed by atoms with Gasteiger partial charge in [-0.2, -0.15) is 0 Å². The minimum atomic E-state index is -3.09. The molecule has 4 rings (SSSR count). The summed E-state index contributed by atoms with van der Waals surface area (Å²) in [4.78, 5) is 29.6. The fourth-order valence-corrected chi connectivity index (χ4v) is 3.51. The van der Waals surface area contributed by atoms with Crippen LogP contribution in [0.15, 0.2) is 36.7 Å². The van der Waals surface area contributed by atoms with Crippen molar-refractivity contribution < 1.29 is 34.1 Å². The number of rotatable bonds is 5. The first-order valence-corrected chi connectivity index (χ1v) is 9.34. The van der Waals surface area contributed by atoms with E-state index in [0.717, 1.165) is 5.56 Å². The monoisotopic (exact) mass is 399 g/mol. The van der Waals surface area contributed by atoms with E-state index < -0.39 is 12.7 Å². The van der Waals surface area contributed by atoms with E-state index in [-0.39, 0.29) is 41.8 Å². The zero-order chi connectivity index (χ0) is 20.6. The highest BCUT2D eigenvalue weighted by molar-refractivity contribution is 6.59. The van der Waals surface area contributed by atoms with Crippen molar-refractivity contribution in [2.45, 2.75) is 25.3 Å². The van der Waals surface area contributed by atoms with E-state index in [4.69, 9.17) is 9.39 Å². The standard InChI is InChI=1S/C19H20BN2O7/c23-16(9-12-4-7-21-8-5-12)22-10-14(11-22)28-15-2-1-13-3-6-20(26,27)29-18(13)17(15)19(24)25/h1-2,4-5,7-8,14,26-27H,3,6,9-11H2,(H,24,25)/q-1. The molecule has 0 aliphatic carbocycles. The van der Waals surface area contributed by atoms with Gasteiger partial charge in [0, 0.05) is 12.4 Å². The second kappa shape index (κ2) is 7.38. The molecule has 0 unspecified atom stereocenters. The van der Waals surface area contributed by atoms with Crippen molar-refractivity contribution in [1.29, 1.82) is 0 Å². The van der Waals surface area contributed by atoms with Gasteiger partial charge < -0.3 is 29.4 Å². The molecule has 0 bridgehead atoms. The van der Waals surface area contributed by atoms with Crippen molar-refractivity contribution in [2.75, 3.05) is 13.1 Å². The van der Waals surface area contributed by atoms with Gasteiger partial charge in [0.05, 0.1) is 25.3 Å². The molecule has 1 fully saturated rings. The van der Waals surface area contributed by atoms with Gasteiger partial charge in [-0.25, -0.2) is 4.79 Å². The van der Waals surface area contributed by atoms with Crippen molar-refractivity contribution in [2.24, 2.45) is 0 Å². The van der Waals surface area contributed by atoms with Gasteiger partial charge in [0.2, 0.25) is 5.91 Å². The van der Waals surface area contributed by atoms with Crippen LogP contribution in [0.1, 0.15) is 21.5 Å². The van der Waals surface area contributed by atoms with Crippen LogP contribution in [-0.2, 0) is 17.6 Å². The topological polar surface area (TPSA) is 129 Å². The molecule has 0 spiro atoms. The molecule has 10 heteroatoms. The lowest BCUT2D eigenvalue weighted by Crippen LogP contribution is -2.56. The predicted octanol–water partition coefficient (Wildman–Crippen LogP) is 0.470. The highest BCUT2D eigenvalue weighted by atomic mass is 16.6. The van der Waals surface area contributed by atoms with E-state index in [1.54, 1.807) is 41.6 Å². The largest absolute Gasteiger partial charge is 0.669 e. The lowest BCUT2D eigenvalue weighted by molar-refractivity contribution is -0.139. The SMILES string of the molecule is O=C(O)c1c(OC2CN(C(=O)Cc3ccncc3)C2)ccc2c1O[B-](O)(O)CC2. The van der Waals surface area contributed by atoms with Crippen LogP contribution in [0.25, 0.3) is 0 Å². The number of aryl methyl sites for hydroxylation is 1. The summed E-state index contributed by atoms with van der Waals surface area (Å²) in [6.07, 6.45) is 3.47. The van der Waals surface area contributed by atoms with Crippen molar-refractivity contribution in [3.05, 3.63) is 53.3 Å². The van der Waals surface area contributed by atoms with Gasteiger partial charge in [0.25, 0.3) is 0 Å². The molecular weight excluding hydrogens is 379 g/mol. The quantitative estimate of drug-likeness (QED) is 0.619. The van der Waals surface area contributed by atoms with Gasteiger partial charge in [-0.15, -0.1) is 0 Å². The Balaban J connectivity index is 1.43. The average molecular weight is 399 g/mol. The summed E-state index contributed by atoms with van der Waals surface area (Å²) in [6, 6.07) is 6.76. The number of hydrogen-bond donors (Lipinski definition) is 3. The molecule has 0 saturated carbocycles. The first kappa shape index (κ1) is 19.2. The minimum Gasteiger partial charge on any atom is -0.669 e. The van der Waals surface area contributed by atoms with Crippen LogP contribution in [0.4, 0.5) is 0 Å². The van der Waals surface area contributed by atoms with Gasteiger partial charge in [0.1, 0.15) is 17.4 Å². The molecule has 0 atom stereocenters. The number of carboxylic acids is 1. The van der Waals surface area contributed by atoms with Gasteiger partial charge in [-0.05, 0) is 35.7 Å². The van der Waals surface area contributed by atoms with Crippen molar-refractivity contribution in [3.8, 4) is 11.5 Å². The fourth-order valence-electron chi connectivity index (χ4n) is 3.51. The third kappa shape index (κ3) is 4.03. The number of ether oxygens (including phenoxy) is 1. The lowest BCUT2D eigenvalue weighted by Gasteiger charge is -2.40. The van der Waals surface area contributed by atoms with E-state index in [1.807, 2.05) is 0 Å². The second-order valence-electron chi connectivity index (χ2n) is 7.32. The van der Waals surface area contributed by atoms with Gasteiger partial charge >= 0.3 is 12.7 Å². The van der Waals surface area contributed by atoms with E-state index in [1.165, 1.54) is 0 Å². The Labute approximate surface area is 166 Å². The third-order valence-corrected chi connectivity index (χ3v) is 5.11. The molecule has 2 aliphatic rings. The number of carbonyl (C=O) groups excluding carboxylic acids is 1. The number of aromatic carboxylic acids is 1. The minimum absolute atomic E-state index is 0.00341. The lowest BCUT2D eigenvalue weighted by atomic mass is 9.70. The van der Waals surface area contributed by atoms with Crippen LogP contribution >= 0.6 is 0 Å². The van der Waals surface area contributed by atoms with Crippen LogP contribution in [-0.4, -0.2) is 62.9 Å². The maximum absolute atomic E-state index is 12.3. The van der Waals surface area contributed by atoms with Crippen molar-refractivity contribution in [3.63, 3.8) is 0 Å². The molecule has 2 aromatic rings. The average Bonchev–Trinajstić information content (AvgIpc) is 2.63. The Bertz CT molecular complexity index is 945. The van der Waals surface area contributed by atoms with Gasteiger partial charge in [0.15, 0.2) is 0 Å². The van der Waals surface area contributed by atoms with E-state index >= 15 is 0 Å². The first-order chi connectivity index (χ1) is 13.8. The van der Waals surface area contributed by atoms with Crippen LogP contribution in [0.3, 0.4) is 0 Å².